The van der Waals surface area contributed by atoms with Gasteiger partial charge in [0.2, 0.25) is 5.91 Å². The van der Waals surface area contributed by atoms with Crippen molar-refractivity contribution >= 4 is 28.4 Å². The number of hydrogen-bond acceptors (Lipinski definition) is 7. The van der Waals surface area contributed by atoms with E-state index in [1.165, 1.54) is 34.0 Å². The second-order valence-corrected chi connectivity index (χ2v) is 8.55. The molecule has 0 spiro atoms. The number of oxazole rings is 1. The van der Waals surface area contributed by atoms with Gasteiger partial charge in [0.05, 0.1) is 16.5 Å². The SMILES string of the molecule is Cc1cccc(N2CCN(CCNC(=O)CCCn3c(=O)oc4cc([N+](=O)[O-])ccc43)CC2)c1. The van der Waals surface area contributed by atoms with Gasteiger partial charge >= 0.3 is 5.76 Å². The van der Waals surface area contributed by atoms with Crippen molar-refractivity contribution in [3.8, 4) is 0 Å². The third-order valence-electron chi connectivity index (χ3n) is 6.14. The van der Waals surface area contributed by atoms with Gasteiger partial charge in [-0.2, -0.15) is 0 Å². The first-order valence-electron chi connectivity index (χ1n) is 11.5. The zero-order valence-electron chi connectivity index (χ0n) is 19.2. The van der Waals surface area contributed by atoms with Crippen LogP contribution in [0, 0.1) is 17.0 Å². The van der Waals surface area contributed by atoms with Crippen LogP contribution in [0.25, 0.3) is 11.1 Å². The topological polar surface area (TPSA) is 114 Å². The molecule has 1 aliphatic heterocycles. The van der Waals surface area contributed by atoms with Gasteiger partial charge in [-0.1, -0.05) is 12.1 Å². The first-order valence-corrected chi connectivity index (χ1v) is 11.5. The maximum absolute atomic E-state index is 12.2. The molecule has 1 saturated heterocycles. The molecule has 4 rings (SSSR count). The van der Waals surface area contributed by atoms with Crippen LogP contribution in [0.15, 0.2) is 51.7 Å². The lowest BCUT2D eigenvalue weighted by Gasteiger charge is -2.36. The lowest BCUT2D eigenvalue weighted by Crippen LogP contribution is -2.48. The number of benzene rings is 2. The van der Waals surface area contributed by atoms with Crippen LogP contribution in [0.2, 0.25) is 0 Å². The van der Waals surface area contributed by atoms with E-state index in [2.05, 4.69) is 46.3 Å². The summed E-state index contributed by atoms with van der Waals surface area (Å²) >= 11 is 0. The second-order valence-electron chi connectivity index (χ2n) is 8.55. The highest BCUT2D eigenvalue weighted by Gasteiger charge is 2.17. The number of aromatic nitrogens is 1. The lowest BCUT2D eigenvalue weighted by atomic mass is 10.2. The molecule has 0 unspecified atom stereocenters. The van der Waals surface area contributed by atoms with Crippen LogP contribution in [0.3, 0.4) is 0 Å². The monoisotopic (exact) mass is 467 g/mol. The number of carbonyl (C=O) groups excluding carboxylic acids is 1. The van der Waals surface area contributed by atoms with E-state index in [0.29, 0.717) is 25.0 Å². The molecule has 3 aromatic rings. The van der Waals surface area contributed by atoms with Crippen molar-refractivity contribution in [2.75, 3.05) is 44.2 Å². The number of carbonyl (C=O) groups is 1. The highest BCUT2D eigenvalue weighted by atomic mass is 16.6. The normalized spacial score (nSPS) is 14.4. The second kappa shape index (κ2) is 10.5. The summed E-state index contributed by atoms with van der Waals surface area (Å²) in [5.74, 6) is -0.643. The third-order valence-corrected chi connectivity index (χ3v) is 6.14. The number of anilines is 1. The largest absolute Gasteiger partial charge is 0.419 e. The Morgan fingerprint density at radius 1 is 1.12 bits per heavy atom. The van der Waals surface area contributed by atoms with Crippen molar-refractivity contribution in [3.05, 3.63) is 68.7 Å². The molecule has 34 heavy (non-hydrogen) atoms. The average Bonchev–Trinajstić information content (AvgIpc) is 3.14. The van der Waals surface area contributed by atoms with E-state index in [1.54, 1.807) is 0 Å². The zero-order valence-corrected chi connectivity index (χ0v) is 19.2. The number of amides is 1. The Morgan fingerprint density at radius 2 is 1.91 bits per heavy atom. The number of nitrogens with one attached hydrogen (secondary N) is 1. The Kier molecular flexibility index (Phi) is 7.27. The summed E-state index contributed by atoms with van der Waals surface area (Å²) in [6.45, 7) is 7.64. The number of non-ortho nitro benzene ring substituents is 1. The fourth-order valence-electron chi connectivity index (χ4n) is 4.27. The van der Waals surface area contributed by atoms with Gasteiger partial charge in [0, 0.05) is 64.0 Å². The number of nitro benzene ring substituents is 1. The van der Waals surface area contributed by atoms with Gasteiger partial charge in [-0.3, -0.25) is 24.4 Å². The summed E-state index contributed by atoms with van der Waals surface area (Å²) < 4.78 is 6.52. The lowest BCUT2D eigenvalue weighted by molar-refractivity contribution is -0.384. The van der Waals surface area contributed by atoms with E-state index >= 15 is 0 Å². The van der Waals surface area contributed by atoms with Gasteiger partial charge in [-0.25, -0.2) is 4.79 Å². The Bertz CT molecular complexity index is 1230. The van der Waals surface area contributed by atoms with E-state index in [4.69, 9.17) is 4.42 Å². The number of nitrogens with zero attached hydrogens (tertiary/aromatic N) is 4. The molecule has 2 aromatic carbocycles. The Balaban J connectivity index is 1.17. The number of rotatable bonds is 9. The molecule has 0 radical (unpaired) electrons. The van der Waals surface area contributed by atoms with Gasteiger partial charge in [0.1, 0.15) is 0 Å². The average molecular weight is 468 g/mol. The highest BCUT2D eigenvalue weighted by molar-refractivity contribution is 5.76. The molecule has 1 N–H and O–H groups in total. The molecule has 2 heterocycles. The van der Waals surface area contributed by atoms with Gasteiger partial charge in [-0.05, 0) is 37.1 Å². The standard InChI is InChI=1S/C24H29N5O5/c1-18-4-2-5-19(16-18)27-14-12-26(13-15-27)11-9-25-23(30)6-3-10-28-21-8-7-20(29(32)33)17-22(21)34-24(28)31/h2,4-5,7-8,16-17H,3,6,9-15H2,1H3,(H,25,30). The molecular weight excluding hydrogens is 438 g/mol. The molecule has 10 heteroatoms. The molecule has 0 saturated carbocycles. The molecule has 180 valence electrons. The summed E-state index contributed by atoms with van der Waals surface area (Å²) in [6, 6.07) is 12.6. The predicted molar refractivity (Wildman–Crippen MR) is 129 cm³/mol. The number of hydrogen-bond donors (Lipinski definition) is 1. The zero-order chi connectivity index (χ0) is 24.1. The molecule has 0 aliphatic carbocycles. The fraction of sp³-hybridized carbons (Fsp3) is 0.417. The van der Waals surface area contributed by atoms with Gasteiger partial charge < -0.3 is 14.6 Å². The van der Waals surface area contributed by atoms with Gasteiger partial charge in [0.25, 0.3) is 5.69 Å². The summed E-state index contributed by atoms with van der Waals surface area (Å²) in [4.78, 5) is 39.4. The maximum atomic E-state index is 12.2. The van der Waals surface area contributed by atoms with Crippen LogP contribution < -0.4 is 16.0 Å². The summed E-state index contributed by atoms with van der Waals surface area (Å²) in [6.07, 6.45) is 0.750. The number of nitro groups is 1. The third kappa shape index (κ3) is 5.63. The van der Waals surface area contributed by atoms with E-state index in [1.807, 2.05) is 0 Å². The van der Waals surface area contributed by atoms with Crippen molar-refractivity contribution in [3.63, 3.8) is 0 Å². The quantitative estimate of drug-likeness (QED) is 0.380. The minimum absolute atomic E-state index is 0.0603. The van der Waals surface area contributed by atoms with Crippen LogP contribution in [0.4, 0.5) is 11.4 Å². The first-order chi connectivity index (χ1) is 16.4. The number of aryl methyl sites for hydroxylation is 2. The summed E-state index contributed by atoms with van der Waals surface area (Å²) in [7, 11) is 0. The molecule has 1 fully saturated rings. The fourth-order valence-corrected chi connectivity index (χ4v) is 4.27. The summed E-state index contributed by atoms with van der Waals surface area (Å²) in [5.41, 5.74) is 3.05. The van der Waals surface area contributed by atoms with Crippen LogP contribution in [0.1, 0.15) is 18.4 Å². The highest BCUT2D eigenvalue weighted by Crippen LogP contribution is 2.20. The molecule has 1 aliphatic rings. The predicted octanol–water partition coefficient (Wildman–Crippen LogP) is 2.53. The molecule has 0 atom stereocenters. The Labute approximate surface area is 196 Å². The summed E-state index contributed by atoms with van der Waals surface area (Å²) in [5, 5.41) is 13.8. The van der Waals surface area contributed by atoms with E-state index in [0.717, 1.165) is 32.7 Å². The van der Waals surface area contributed by atoms with Gasteiger partial charge in [0.15, 0.2) is 5.58 Å². The van der Waals surface area contributed by atoms with Gasteiger partial charge in [-0.15, -0.1) is 0 Å². The Hall–Kier alpha value is -3.66. The molecule has 1 amide bonds. The van der Waals surface area contributed by atoms with Crippen molar-refractivity contribution in [1.82, 2.24) is 14.8 Å². The maximum Gasteiger partial charge on any atom is 0.419 e. The van der Waals surface area contributed by atoms with Crippen LogP contribution in [-0.4, -0.2) is 59.6 Å². The van der Waals surface area contributed by atoms with Crippen molar-refractivity contribution in [1.29, 1.82) is 0 Å². The van der Waals surface area contributed by atoms with Crippen molar-refractivity contribution in [2.24, 2.45) is 0 Å². The molecule has 0 bridgehead atoms. The van der Waals surface area contributed by atoms with Crippen molar-refractivity contribution in [2.45, 2.75) is 26.3 Å². The van der Waals surface area contributed by atoms with E-state index in [9.17, 15) is 19.7 Å². The van der Waals surface area contributed by atoms with Crippen LogP contribution in [-0.2, 0) is 11.3 Å². The van der Waals surface area contributed by atoms with E-state index < -0.39 is 10.7 Å². The van der Waals surface area contributed by atoms with Crippen LogP contribution in [0.5, 0.6) is 0 Å². The minimum Gasteiger partial charge on any atom is -0.407 e. The van der Waals surface area contributed by atoms with Crippen molar-refractivity contribution < 1.29 is 14.1 Å². The smallest absolute Gasteiger partial charge is 0.407 e. The number of fused-ring (bicyclic) bond motifs is 1. The van der Waals surface area contributed by atoms with E-state index in [-0.39, 0.29) is 23.6 Å². The molecule has 10 nitrogen and oxygen atoms in total. The Morgan fingerprint density at radius 3 is 2.65 bits per heavy atom. The molecule has 1 aromatic heterocycles. The molecular formula is C24H29N5O5. The van der Waals surface area contributed by atoms with Crippen LogP contribution >= 0.6 is 0 Å². The number of piperazine rings is 1. The minimum atomic E-state index is -0.583. The first kappa shape index (κ1) is 23.5.